The Labute approximate surface area is 187 Å². The Kier molecular flexibility index (Phi) is 6.49. The number of likely N-dealkylation sites (tertiary alicyclic amines) is 2. The van der Waals surface area contributed by atoms with E-state index >= 15 is 0 Å². The van der Waals surface area contributed by atoms with Crippen molar-refractivity contribution in [2.45, 2.75) is 44.4 Å². The van der Waals surface area contributed by atoms with Crippen LogP contribution in [0.4, 0.5) is 10.5 Å². The Morgan fingerprint density at radius 2 is 1.74 bits per heavy atom. The van der Waals surface area contributed by atoms with Crippen molar-refractivity contribution in [3.63, 3.8) is 0 Å². The number of hydrogen-bond donors (Lipinski definition) is 0. The Bertz CT molecular complexity index is 890. The lowest BCUT2D eigenvalue weighted by Gasteiger charge is -2.41. The normalized spacial score (nSPS) is 21.4. The molecule has 1 aromatic carbocycles. The molecule has 2 amide bonds. The fourth-order valence-corrected chi connectivity index (χ4v) is 6.57. The zero-order valence-electron chi connectivity index (χ0n) is 18.9. The van der Waals surface area contributed by atoms with Gasteiger partial charge in [-0.25, -0.2) is 13.2 Å². The molecule has 31 heavy (non-hydrogen) atoms. The molecule has 1 spiro atoms. The second-order valence-electron chi connectivity index (χ2n) is 9.30. The van der Waals surface area contributed by atoms with Crippen molar-refractivity contribution < 1.29 is 13.2 Å². The highest BCUT2D eigenvalue weighted by Crippen LogP contribution is 2.48. The van der Waals surface area contributed by atoms with Gasteiger partial charge in [-0.2, -0.15) is 0 Å². The van der Waals surface area contributed by atoms with Crippen LogP contribution >= 0.6 is 0 Å². The SMILES string of the molecule is CCS(=O)(=O)N1CC2(CCN(C(=O)N(C)CCN3CCCCC3)CC2)c2ccccc21. The highest BCUT2D eigenvalue weighted by atomic mass is 32.2. The molecule has 4 rings (SSSR count). The number of rotatable bonds is 5. The van der Waals surface area contributed by atoms with Crippen molar-refractivity contribution >= 4 is 21.7 Å². The maximum absolute atomic E-state index is 13.0. The van der Waals surface area contributed by atoms with E-state index in [1.54, 1.807) is 11.2 Å². The van der Waals surface area contributed by atoms with Gasteiger partial charge in [0.25, 0.3) is 0 Å². The molecule has 0 aliphatic carbocycles. The second kappa shape index (κ2) is 8.98. The molecule has 8 heteroatoms. The number of hydrogen-bond acceptors (Lipinski definition) is 4. The first-order chi connectivity index (χ1) is 14.9. The summed E-state index contributed by atoms with van der Waals surface area (Å²) < 4.78 is 27.0. The van der Waals surface area contributed by atoms with E-state index in [4.69, 9.17) is 0 Å². The maximum atomic E-state index is 13.0. The summed E-state index contributed by atoms with van der Waals surface area (Å²) in [6.45, 7) is 7.51. The number of carbonyl (C=O) groups is 1. The number of para-hydroxylation sites is 1. The van der Waals surface area contributed by atoms with Gasteiger partial charge in [0.05, 0.1) is 11.4 Å². The van der Waals surface area contributed by atoms with E-state index < -0.39 is 10.0 Å². The monoisotopic (exact) mass is 448 g/mol. The first kappa shape index (κ1) is 22.4. The fraction of sp³-hybridized carbons (Fsp3) is 0.696. The molecule has 3 aliphatic heterocycles. The summed E-state index contributed by atoms with van der Waals surface area (Å²) in [5.74, 6) is 0.101. The number of amides is 2. The topological polar surface area (TPSA) is 64.2 Å². The average molecular weight is 449 g/mol. The van der Waals surface area contributed by atoms with Gasteiger partial charge >= 0.3 is 6.03 Å². The molecule has 2 saturated heterocycles. The van der Waals surface area contributed by atoms with Crippen LogP contribution in [0.15, 0.2) is 24.3 Å². The van der Waals surface area contributed by atoms with E-state index in [1.165, 1.54) is 19.3 Å². The molecule has 3 heterocycles. The largest absolute Gasteiger partial charge is 0.326 e. The number of benzene rings is 1. The maximum Gasteiger partial charge on any atom is 0.319 e. The lowest BCUT2D eigenvalue weighted by molar-refractivity contribution is 0.127. The van der Waals surface area contributed by atoms with E-state index in [0.29, 0.717) is 19.6 Å². The Morgan fingerprint density at radius 3 is 2.42 bits per heavy atom. The van der Waals surface area contributed by atoms with Crippen molar-refractivity contribution in [1.29, 1.82) is 0 Å². The van der Waals surface area contributed by atoms with Crippen LogP contribution in [-0.2, 0) is 15.4 Å². The van der Waals surface area contributed by atoms with Gasteiger partial charge < -0.3 is 14.7 Å². The summed E-state index contributed by atoms with van der Waals surface area (Å²) >= 11 is 0. The highest BCUT2D eigenvalue weighted by molar-refractivity contribution is 7.92. The van der Waals surface area contributed by atoms with Crippen LogP contribution in [0.25, 0.3) is 0 Å². The van der Waals surface area contributed by atoms with Crippen LogP contribution in [0.5, 0.6) is 0 Å². The van der Waals surface area contributed by atoms with Gasteiger partial charge in [0.2, 0.25) is 10.0 Å². The second-order valence-corrected chi connectivity index (χ2v) is 11.5. The molecule has 2 fully saturated rings. The fourth-order valence-electron chi connectivity index (χ4n) is 5.35. The number of piperidine rings is 2. The molecule has 0 saturated carbocycles. The van der Waals surface area contributed by atoms with Gasteiger partial charge in [0.15, 0.2) is 0 Å². The number of nitrogens with zero attached hydrogens (tertiary/aromatic N) is 4. The summed E-state index contributed by atoms with van der Waals surface area (Å²) in [4.78, 5) is 19.3. The minimum atomic E-state index is -3.31. The standard InChI is InChI=1S/C23H36N4O3S/c1-3-31(29,30)27-19-23(20-9-5-6-10-21(20)27)11-15-26(16-12-23)22(28)24(2)17-18-25-13-7-4-8-14-25/h5-6,9-10H,3-4,7-8,11-19H2,1-2H3. The Balaban J connectivity index is 1.39. The molecule has 0 radical (unpaired) electrons. The smallest absolute Gasteiger partial charge is 0.319 e. The van der Waals surface area contributed by atoms with Gasteiger partial charge in [0, 0.05) is 45.2 Å². The van der Waals surface area contributed by atoms with Crippen LogP contribution in [0.1, 0.15) is 44.6 Å². The minimum absolute atomic E-state index is 0.0937. The highest BCUT2D eigenvalue weighted by Gasteiger charge is 2.48. The zero-order chi connectivity index (χ0) is 22.1. The first-order valence-corrected chi connectivity index (χ1v) is 13.3. The molecule has 0 unspecified atom stereocenters. The lowest BCUT2D eigenvalue weighted by Crippen LogP contribution is -2.51. The van der Waals surface area contributed by atoms with E-state index in [1.807, 2.05) is 35.0 Å². The van der Waals surface area contributed by atoms with Crippen molar-refractivity contribution in [3.8, 4) is 0 Å². The third kappa shape index (κ3) is 4.42. The van der Waals surface area contributed by atoms with Crippen LogP contribution < -0.4 is 4.31 Å². The molecular weight excluding hydrogens is 412 g/mol. The van der Waals surface area contributed by atoms with Crippen molar-refractivity contribution in [3.05, 3.63) is 29.8 Å². The van der Waals surface area contributed by atoms with E-state index in [0.717, 1.165) is 50.3 Å². The molecule has 0 bridgehead atoms. The number of carbonyl (C=O) groups excluding carboxylic acids is 1. The predicted octanol–water partition coefficient (Wildman–Crippen LogP) is 2.73. The predicted molar refractivity (Wildman–Crippen MR) is 124 cm³/mol. The third-order valence-corrected chi connectivity index (χ3v) is 9.14. The Morgan fingerprint density at radius 1 is 1.06 bits per heavy atom. The number of likely N-dealkylation sites (N-methyl/N-ethyl adjacent to an activating group) is 1. The van der Waals surface area contributed by atoms with Crippen LogP contribution in [0.3, 0.4) is 0 Å². The van der Waals surface area contributed by atoms with Gasteiger partial charge in [-0.1, -0.05) is 24.6 Å². The third-order valence-electron chi connectivity index (χ3n) is 7.41. The van der Waals surface area contributed by atoms with Crippen LogP contribution in [0.2, 0.25) is 0 Å². The lowest BCUT2D eigenvalue weighted by atomic mass is 9.74. The number of sulfonamides is 1. The summed E-state index contributed by atoms with van der Waals surface area (Å²) in [5.41, 5.74) is 1.75. The summed E-state index contributed by atoms with van der Waals surface area (Å²) in [6, 6.07) is 7.99. The van der Waals surface area contributed by atoms with E-state index in [9.17, 15) is 13.2 Å². The summed E-state index contributed by atoms with van der Waals surface area (Å²) in [6.07, 6.45) is 5.44. The summed E-state index contributed by atoms with van der Waals surface area (Å²) in [5, 5.41) is 0. The van der Waals surface area contributed by atoms with E-state index in [-0.39, 0.29) is 17.2 Å². The van der Waals surface area contributed by atoms with Gasteiger partial charge in [-0.05, 0) is 57.3 Å². The first-order valence-electron chi connectivity index (χ1n) is 11.7. The molecule has 0 N–H and O–H groups in total. The van der Waals surface area contributed by atoms with Gasteiger partial charge in [-0.15, -0.1) is 0 Å². The number of anilines is 1. The van der Waals surface area contributed by atoms with E-state index in [2.05, 4.69) is 11.0 Å². The minimum Gasteiger partial charge on any atom is -0.326 e. The zero-order valence-corrected chi connectivity index (χ0v) is 19.7. The van der Waals surface area contributed by atoms with Gasteiger partial charge in [0.1, 0.15) is 0 Å². The molecular formula is C23H36N4O3S. The van der Waals surface area contributed by atoms with Crippen LogP contribution in [-0.4, -0.2) is 87.8 Å². The molecule has 172 valence electrons. The Hall–Kier alpha value is -1.80. The van der Waals surface area contributed by atoms with Crippen LogP contribution in [0, 0.1) is 0 Å². The quantitative estimate of drug-likeness (QED) is 0.695. The summed E-state index contributed by atoms with van der Waals surface area (Å²) in [7, 11) is -1.41. The molecule has 7 nitrogen and oxygen atoms in total. The molecule has 0 atom stereocenters. The van der Waals surface area contributed by atoms with Crippen molar-refractivity contribution in [2.24, 2.45) is 0 Å². The molecule has 3 aliphatic rings. The number of fused-ring (bicyclic) bond motifs is 2. The molecule has 0 aromatic heterocycles. The average Bonchev–Trinajstić information content (AvgIpc) is 3.13. The van der Waals surface area contributed by atoms with Crippen molar-refractivity contribution in [1.82, 2.24) is 14.7 Å². The molecule has 1 aromatic rings. The van der Waals surface area contributed by atoms with Crippen molar-refractivity contribution in [2.75, 3.05) is 62.9 Å². The number of urea groups is 1. The van der Waals surface area contributed by atoms with Gasteiger partial charge in [-0.3, -0.25) is 4.31 Å².